The lowest BCUT2D eigenvalue weighted by molar-refractivity contribution is -0.383. The molecule has 0 amide bonds. The topological polar surface area (TPSA) is 87.4 Å². The molecule has 1 N–H and O–H groups in total. The van der Waals surface area contributed by atoms with E-state index in [1.165, 1.54) is 6.33 Å². The van der Waals surface area contributed by atoms with Crippen molar-refractivity contribution in [3.05, 3.63) is 119 Å². The Labute approximate surface area is 204 Å². The van der Waals surface area contributed by atoms with Gasteiger partial charge in [-0.2, -0.15) is 0 Å². The van der Waals surface area contributed by atoms with E-state index in [0.29, 0.717) is 18.9 Å². The number of piperazine rings is 1. The second-order valence-corrected chi connectivity index (χ2v) is 8.36. The zero-order valence-corrected chi connectivity index (χ0v) is 19.2. The molecule has 176 valence electrons. The fourth-order valence-electron chi connectivity index (χ4n) is 4.48. The van der Waals surface area contributed by atoms with Gasteiger partial charge in [-0.15, -0.1) is 0 Å². The van der Waals surface area contributed by atoms with E-state index in [4.69, 9.17) is 0 Å². The van der Waals surface area contributed by atoms with E-state index in [2.05, 4.69) is 32.3 Å². The molecule has 0 saturated carbocycles. The molecule has 3 aromatic carbocycles. The van der Waals surface area contributed by atoms with Crippen LogP contribution in [-0.4, -0.2) is 41.1 Å². The first-order chi connectivity index (χ1) is 17.2. The molecular formula is C27H26N6O2. The van der Waals surface area contributed by atoms with Crippen LogP contribution < -0.4 is 15.1 Å². The quantitative estimate of drug-likeness (QED) is 0.306. The molecule has 35 heavy (non-hydrogen) atoms. The lowest BCUT2D eigenvalue weighted by Gasteiger charge is -2.36. The summed E-state index contributed by atoms with van der Waals surface area (Å²) in [6.45, 7) is 2.77. The molecule has 0 radical (unpaired) electrons. The van der Waals surface area contributed by atoms with Crippen LogP contribution in [0.15, 0.2) is 97.3 Å². The lowest BCUT2D eigenvalue weighted by atomic mass is 9.98. The normalized spacial score (nSPS) is 13.6. The molecule has 1 fully saturated rings. The standard InChI is InChI=1S/C27H26N6O2/c34-33(35)25-26(30-24(21-10-4-1-5-11-21)22-12-6-2-7-13-22)28-20-29-27(25)32-18-16-31(17-19-32)23-14-8-3-9-15-23/h1-15,20,24H,16-19H2,(H,28,29,30). The van der Waals surface area contributed by atoms with Crippen molar-refractivity contribution in [2.75, 3.05) is 41.3 Å². The number of nitro groups is 1. The van der Waals surface area contributed by atoms with E-state index >= 15 is 0 Å². The first-order valence-electron chi connectivity index (χ1n) is 11.6. The van der Waals surface area contributed by atoms with Gasteiger partial charge in [0.05, 0.1) is 11.0 Å². The summed E-state index contributed by atoms with van der Waals surface area (Å²) in [5.74, 6) is 0.559. The number of hydrogen-bond donors (Lipinski definition) is 1. The van der Waals surface area contributed by atoms with Crippen LogP contribution >= 0.6 is 0 Å². The van der Waals surface area contributed by atoms with Crippen molar-refractivity contribution in [3.8, 4) is 0 Å². The summed E-state index contributed by atoms with van der Waals surface area (Å²) < 4.78 is 0. The van der Waals surface area contributed by atoms with E-state index in [1.807, 2.05) is 83.8 Å². The van der Waals surface area contributed by atoms with Crippen LogP contribution in [0.1, 0.15) is 17.2 Å². The second kappa shape index (κ2) is 10.2. The highest BCUT2D eigenvalue weighted by atomic mass is 16.6. The fraction of sp³-hybridized carbons (Fsp3) is 0.185. The summed E-state index contributed by atoms with van der Waals surface area (Å²) in [7, 11) is 0. The number of benzene rings is 3. The average molecular weight is 467 g/mol. The first-order valence-corrected chi connectivity index (χ1v) is 11.6. The highest BCUT2D eigenvalue weighted by Crippen LogP contribution is 2.36. The van der Waals surface area contributed by atoms with Gasteiger partial charge in [-0.25, -0.2) is 9.97 Å². The van der Waals surface area contributed by atoms with Crippen LogP contribution in [0, 0.1) is 10.1 Å². The number of aromatic nitrogens is 2. The molecule has 0 spiro atoms. The fourth-order valence-corrected chi connectivity index (χ4v) is 4.48. The molecule has 0 unspecified atom stereocenters. The molecule has 1 aromatic heterocycles. The lowest BCUT2D eigenvalue weighted by Crippen LogP contribution is -2.47. The Morgan fingerprint density at radius 1 is 0.743 bits per heavy atom. The molecule has 0 atom stereocenters. The first kappa shape index (κ1) is 22.3. The van der Waals surface area contributed by atoms with Gasteiger partial charge in [0.1, 0.15) is 6.33 Å². The van der Waals surface area contributed by atoms with Crippen LogP contribution in [0.25, 0.3) is 0 Å². The summed E-state index contributed by atoms with van der Waals surface area (Å²) in [6.07, 6.45) is 1.40. The Morgan fingerprint density at radius 3 is 1.80 bits per heavy atom. The van der Waals surface area contributed by atoms with Crippen LogP contribution in [0.5, 0.6) is 0 Å². The molecule has 1 aliphatic heterocycles. The zero-order chi connectivity index (χ0) is 24.0. The van der Waals surface area contributed by atoms with E-state index in [1.54, 1.807) is 0 Å². The van der Waals surface area contributed by atoms with E-state index < -0.39 is 0 Å². The second-order valence-electron chi connectivity index (χ2n) is 8.36. The highest BCUT2D eigenvalue weighted by Gasteiger charge is 2.30. The van der Waals surface area contributed by atoms with Crippen molar-refractivity contribution < 1.29 is 4.92 Å². The molecular weight excluding hydrogens is 440 g/mol. The van der Waals surface area contributed by atoms with Gasteiger partial charge in [-0.3, -0.25) is 10.1 Å². The number of para-hydroxylation sites is 1. The third-order valence-electron chi connectivity index (χ3n) is 6.23. The number of nitrogens with one attached hydrogen (secondary N) is 1. The maximum atomic E-state index is 12.3. The summed E-state index contributed by atoms with van der Waals surface area (Å²) in [5.41, 5.74) is 3.03. The molecule has 0 bridgehead atoms. The predicted molar refractivity (Wildman–Crippen MR) is 138 cm³/mol. The van der Waals surface area contributed by atoms with Crippen LogP contribution in [0.3, 0.4) is 0 Å². The minimum atomic E-state index is -0.381. The maximum Gasteiger partial charge on any atom is 0.353 e. The molecule has 5 rings (SSSR count). The minimum Gasteiger partial charge on any atom is -0.368 e. The Balaban J connectivity index is 1.44. The summed E-state index contributed by atoms with van der Waals surface area (Å²) in [4.78, 5) is 24.8. The number of rotatable bonds is 7. The number of hydrogen-bond acceptors (Lipinski definition) is 7. The Hall–Kier alpha value is -4.46. The van der Waals surface area contributed by atoms with Gasteiger partial charge in [-0.1, -0.05) is 78.9 Å². The largest absolute Gasteiger partial charge is 0.368 e. The minimum absolute atomic E-state index is 0.0995. The van der Waals surface area contributed by atoms with E-state index in [0.717, 1.165) is 29.9 Å². The van der Waals surface area contributed by atoms with Crippen LogP contribution in [0.4, 0.5) is 23.0 Å². The van der Waals surface area contributed by atoms with E-state index in [-0.39, 0.29) is 22.5 Å². The van der Waals surface area contributed by atoms with Crippen molar-refractivity contribution in [1.29, 1.82) is 0 Å². The van der Waals surface area contributed by atoms with Gasteiger partial charge < -0.3 is 15.1 Å². The smallest absolute Gasteiger partial charge is 0.353 e. The molecule has 8 heteroatoms. The monoisotopic (exact) mass is 466 g/mol. The van der Waals surface area contributed by atoms with Crippen molar-refractivity contribution in [2.45, 2.75) is 6.04 Å². The van der Waals surface area contributed by atoms with Gasteiger partial charge in [0.25, 0.3) is 0 Å². The number of nitrogens with zero attached hydrogens (tertiary/aromatic N) is 5. The van der Waals surface area contributed by atoms with Gasteiger partial charge in [-0.05, 0) is 23.3 Å². The van der Waals surface area contributed by atoms with Crippen molar-refractivity contribution in [3.63, 3.8) is 0 Å². The van der Waals surface area contributed by atoms with Gasteiger partial charge in [0.15, 0.2) is 0 Å². The van der Waals surface area contributed by atoms with Crippen LogP contribution in [-0.2, 0) is 0 Å². The van der Waals surface area contributed by atoms with Crippen molar-refractivity contribution >= 4 is 23.0 Å². The predicted octanol–water partition coefficient (Wildman–Crippen LogP) is 4.91. The van der Waals surface area contributed by atoms with Crippen LogP contribution in [0.2, 0.25) is 0 Å². The Morgan fingerprint density at radius 2 is 1.26 bits per heavy atom. The molecule has 8 nitrogen and oxygen atoms in total. The van der Waals surface area contributed by atoms with Crippen molar-refractivity contribution in [1.82, 2.24) is 9.97 Å². The summed E-state index contributed by atoms with van der Waals surface area (Å²) >= 11 is 0. The highest BCUT2D eigenvalue weighted by molar-refractivity contribution is 5.71. The Kier molecular flexibility index (Phi) is 6.52. The maximum absolute atomic E-state index is 12.3. The third-order valence-corrected chi connectivity index (χ3v) is 6.23. The third kappa shape index (κ3) is 4.91. The molecule has 2 heterocycles. The van der Waals surface area contributed by atoms with Gasteiger partial charge >= 0.3 is 5.69 Å². The average Bonchev–Trinajstić information content (AvgIpc) is 2.93. The zero-order valence-electron chi connectivity index (χ0n) is 19.2. The number of anilines is 3. The molecule has 1 saturated heterocycles. The molecule has 1 aliphatic rings. The van der Waals surface area contributed by atoms with E-state index in [9.17, 15) is 10.1 Å². The summed E-state index contributed by atoms with van der Waals surface area (Å²) in [6, 6.07) is 29.6. The molecule has 4 aromatic rings. The SMILES string of the molecule is O=[N+]([O-])c1c(NC(c2ccccc2)c2ccccc2)ncnc1N1CCN(c2ccccc2)CC1. The Bertz CT molecular complexity index is 1220. The van der Waals surface area contributed by atoms with Gasteiger partial charge in [0, 0.05) is 31.9 Å². The van der Waals surface area contributed by atoms with Gasteiger partial charge in [0.2, 0.25) is 11.6 Å². The summed E-state index contributed by atoms with van der Waals surface area (Å²) in [5, 5.41) is 15.6. The van der Waals surface area contributed by atoms with Crippen molar-refractivity contribution in [2.24, 2.45) is 0 Å². The molecule has 0 aliphatic carbocycles.